The molecule has 0 aliphatic carbocycles. The summed E-state index contributed by atoms with van der Waals surface area (Å²) in [6, 6.07) is 11.5. The number of nitrogen functional groups attached to an aromatic ring is 1. The Labute approximate surface area is 124 Å². The molecule has 0 spiro atoms. The van der Waals surface area contributed by atoms with E-state index in [0.717, 1.165) is 21.7 Å². The van der Waals surface area contributed by atoms with Crippen molar-refractivity contribution >= 4 is 39.6 Å². The van der Waals surface area contributed by atoms with Gasteiger partial charge < -0.3 is 15.1 Å². The highest BCUT2D eigenvalue weighted by Crippen LogP contribution is 2.30. The Bertz CT molecular complexity index is 879. The van der Waals surface area contributed by atoms with Gasteiger partial charge in [0.2, 0.25) is 0 Å². The van der Waals surface area contributed by atoms with Crippen LogP contribution in [0.1, 0.15) is 5.56 Å². The van der Waals surface area contributed by atoms with Crippen LogP contribution in [-0.4, -0.2) is 15.0 Å². The molecule has 5 nitrogen and oxygen atoms in total. The van der Waals surface area contributed by atoms with Crippen molar-refractivity contribution in [2.75, 3.05) is 5.73 Å². The molecule has 0 bridgehead atoms. The molecule has 4 aromatic rings. The Kier molecular flexibility index (Phi) is 2.65. The van der Waals surface area contributed by atoms with E-state index < -0.39 is 0 Å². The topological polar surface area (TPSA) is 80.7 Å². The van der Waals surface area contributed by atoms with Gasteiger partial charge in [-0.2, -0.15) is 0 Å². The number of nitrogens with zero attached hydrogens (tertiary/aromatic N) is 2. The van der Waals surface area contributed by atoms with Crippen molar-refractivity contribution in [3.8, 4) is 0 Å². The van der Waals surface area contributed by atoms with Crippen LogP contribution >= 0.6 is 11.8 Å². The molecule has 0 fully saturated rings. The lowest BCUT2D eigenvalue weighted by Crippen LogP contribution is -1.81. The number of anilines is 1. The van der Waals surface area contributed by atoms with Crippen LogP contribution in [0, 0.1) is 6.92 Å². The number of imidazole rings is 1. The van der Waals surface area contributed by atoms with Crippen LogP contribution in [0.25, 0.3) is 22.1 Å². The highest BCUT2D eigenvalue weighted by molar-refractivity contribution is 7.99. The first kappa shape index (κ1) is 12.3. The second-order valence-electron chi connectivity index (χ2n) is 4.87. The van der Waals surface area contributed by atoms with Gasteiger partial charge in [0.25, 0.3) is 5.22 Å². The van der Waals surface area contributed by atoms with Gasteiger partial charge in [-0.15, -0.1) is 0 Å². The fourth-order valence-electron chi connectivity index (χ4n) is 2.19. The van der Waals surface area contributed by atoms with Crippen LogP contribution < -0.4 is 5.73 Å². The molecule has 0 aliphatic rings. The highest BCUT2D eigenvalue weighted by atomic mass is 32.2. The molecule has 3 N–H and O–H groups in total. The predicted octanol–water partition coefficient (Wildman–Crippen LogP) is 3.75. The number of aromatic amines is 1. The number of H-pyrrole nitrogens is 1. The van der Waals surface area contributed by atoms with Gasteiger partial charge in [0, 0.05) is 23.5 Å². The van der Waals surface area contributed by atoms with E-state index in [2.05, 4.69) is 27.9 Å². The minimum atomic E-state index is 0.548. The molecule has 2 heterocycles. The Balaban J connectivity index is 1.71. The average Bonchev–Trinajstić information content (AvgIpc) is 3.00. The number of nitrogens with two attached hydrogens (primary N) is 1. The van der Waals surface area contributed by atoms with Crippen molar-refractivity contribution in [2.24, 2.45) is 0 Å². The molecule has 104 valence electrons. The Morgan fingerprint density at radius 3 is 2.86 bits per heavy atom. The number of fused-ring (bicyclic) bond motifs is 2. The molecule has 0 radical (unpaired) electrons. The number of nitrogens with one attached hydrogen (secondary N) is 1. The number of benzene rings is 2. The molecule has 21 heavy (non-hydrogen) atoms. The Hall–Kier alpha value is -2.47. The van der Waals surface area contributed by atoms with Crippen LogP contribution in [0.4, 0.5) is 5.69 Å². The van der Waals surface area contributed by atoms with Gasteiger partial charge in [0.1, 0.15) is 5.52 Å². The van der Waals surface area contributed by atoms with E-state index in [1.54, 1.807) is 6.07 Å². The number of hydrogen-bond acceptors (Lipinski definition) is 5. The summed E-state index contributed by atoms with van der Waals surface area (Å²) in [6.45, 7) is 2.05. The Morgan fingerprint density at radius 2 is 1.95 bits per heavy atom. The van der Waals surface area contributed by atoms with E-state index >= 15 is 0 Å². The molecular weight excluding hydrogens is 284 g/mol. The highest BCUT2D eigenvalue weighted by Gasteiger charge is 2.11. The third-order valence-electron chi connectivity index (χ3n) is 3.19. The third-order valence-corrected chi connectivity index (χ3v) is 3.93. The van der Waals surface area contributed by atoms with E-state index in [0.29, 0.717) is 16.5 Å². The largest absolute Gasteiger partial charge is 0.431 e. The minimum absolute atomic E-state index is 0.548. The third kappa shape index (κ3) is 2.23. The molecule has 0 saturated carbocycles. The van der Waals surface area contributed by atoms with Gasteiger partial charge in [-0.1, -0.05) is 6.07 Å². The standard InChI is InChI=1S/C15H12N4OS/c1-8-2-4-10-12(6-8)18-14(17-10)21-15-19-11-5-3-9(16)7-13(11)20-15/h2-7H,16H2,1H3,(H,17,18). The number of oxazole rings is 1. The van der Waals surface area contributed by atoms with E-state index in [4.69, 9.17) is 10.2 Å². The van der Waals surface area contributed by atoms with Crippen molar-refractivity contribution in [2.45, 2.75) is 17.3 Å². The van der Waals surface area contributed by atoms with Crippen LogP contribution in [-0.2, 0) is 0 Å². The van der Waals surface area contributed by atoms with E-state index in [-0.39, 0.29) is 0 Å². The molecule has 0 saturated heterocycles. The number of aryl methyl sites for hydroxylation is 1. The zero-order chi connectivity index (χ0) is 14.4. The second kappa shape index (κ2) is 4.53. The van der Waals surface area contributed by atoms with Gasteiger partial charge >= 0.3 is 0 Å². The molecule has 6 heteroatoms. The van der Waals surface area contributed by atoms with Crippen molar-refractivity contribution in [1.82, 2.24) is 15.0 Å². The molecule has 4 rings (SSSR count). The Morgan fingerprint density at radius 1 is 1.10 bits per heavy atom. The average molecular weight is 296 g/mol. The summed E-state index contributed by atoms with van der Waals surface area (Å²) in [4.78, 5) is 12.2. The predicted molar refractivity (Wildman–Crippen MR) is 83.4 cm³/mol. The van der Waals surface area contributed by atoms with Crippen molar-refractivity contribution in [3.63, 3.8) is 0 Å². The SMILES string of the molecule is Cc1ccc2nc(Sc3nc4ccc(N)cc4o3)[nH]c2c1. The maximum Gasteiger partial charge on any atom is 0.264 e. The first-order valence-corrected chi connectivity index (χ1v) is 7.29. The number of hydrogen-bond donors (Lipinski definition) is 2. The van der Waals surface area contributed by atoms with Crippen molar-refractivity contribution in [3.05, 3.63) is 42.0 Å². The molecule has 0 aliphatic heterocycles. The lowest BCUT2D eigenvalue weighted by molar-refractivity contribution is 0.489. The van der Waals surface area contributed by atoms with E-state index in [1.807, 2.05) is 24.3 Å². The summed E-state index contributed by atoms with van der Waals surface area (Å²) in [7, 11) is 0. The smallest absolute Gasteiger partial charge is 0.264 e. The maximum absolute atomic E-state index is 5.74. The number of aromatic nitrogens is 3. The van der Waals surface area contributed by atoms with E-state index in [1.165, 1.54) is 17.3 Å². The monoisotopic (exact) mass is 296 g/mol. The minimum Gasteiger partial charge on any atom is -0.431 e. The van der Waals surface area contributed by atoms with Gasteiger partial charge in [0.05, 0.1) is 11.0 Å². The van der Waals surface area contributed by atoms with Gasteiger partial charge in [0.15, 0.2) is 10.7 Å². The number of rotatable bonds is 2. The van der Waals surface area contributed by atoms with Crippen LogP contribution in [0.15, 0.2) is 51.2 Å². The first-order chi connectivity index (χ1) is 10.2. The summed E-state index contributed by atoms with van der Waals surface area (Å²) in [5, 5.41) is 1.31. The molecule has 2 aromatic heterocycles. The summed E-state index contributed by atoms with van der Waals surface area (Å²) < 4.78 is 5.68. The molecule has 0 atom stereocenters. The van der Waals surface area contributed by atoms with Gasteiger partial charge in [-0.25, -0.2) is 9.97 Å². The van der Waals surface area contributed by atoms with Crippen LogP contribution in [0.3, 0.4) is 0 Å². The summed E-state index contributed by atoms with van der Waals surface area (Å²) >= 11 is 1.37. The maximum atomic E-state index is 5.74. The zero-order valence-corrected chi connectivity index (χ0v) is 12.1. The molecular formula is C15H12N4OS. The lowest BCUT2D eigenvalue weighted by Gasteiger charge is -1.89. The normalized spacial score (nSPS) is 11.5. The summed E-state index contributed by atoms with van der Waals surface area (Å²) in [5.41, 5.74) is 11.0. The van der Waals surface area contributed by atoms with E-state index in [9.17, 15) is 0 Å². The van der Waals surface area contributed by atoms with Crippen LogP contribution in [0.2, 0.25) is 0 Å². The zero-order valence-electron chi connectivity index (χ0n) is 11.3. The summed E-state index contributed by atoms with van der Waals surface area (Å²) in [5.74, 6) is 0. The van der Waals surface area contributed by atoms with Crippen LogP contribution in [0.5, 0.6) is 0 Å². The second-order valence-corrected chi connectivity index (χ2v) is 5.81. The lowest BCUT2D eigenvalue weighted by atomic mass is 10.2. The molecule has 0 unspecified atom stereocenters. The fraction of sp³-hybridized carbons (Fsp3) is 0.0667. The molecule has 2 aromatic carbocycles. The van der Waals surface area contributed by atoms with Crippen molar-refractivity contribution in [1.29, 1.82) is 0 Å². The quantitative estimate of drug-likeness (QED) is 0.551. The van der Waals surface area contributed by atoms with Gasteiger partial charge in [-0.05, 0) is 36.8 Å². The molecule has 0 amide bonds. The first-order valence-electron chi connectivity index (χ1n) is 6.48. The summed E-state index contributed by atoms with van der Waals surface area (Å²) in [6.07, 6.45) is 0. The van der Waals surface area contributed by atoms with Gasteiger partial charge in [-0.3, -0.25) is 0 Å². The van der Waals surface area contributed by atoms with Crippen molar-refractivity contribution < 1.29 is 4.42 Å². The fourth-order valence-corrected chi connectivity index (χ4v) is 2.94.